The molecule has 0 saturated carbocycles. The number of hydrogen-bond donors (Lipinski definition) is 0. The summed E-state index contributed by atoms with van der Waals surface area (Å²) in [6, 6.07) is 0. The van der Waals surface area contributed by atoms with Gasteiger partial charge in [0.25, 0.3) is 0 Å². The van der Waals surface area contributed by atoms with E-state index in [2.05, 4.69) is 43.8 Å². The second kappa shape index (κ2) is 4.74. The molecule has 0 bridgehead atoms. The Morgan fingerprint density at radius 1 is 1.22 bits per heavy atom. The highest BCUT2D eigenvalue weighted by Gasteiger charge is 2.40. The fourth-order valence-electron chi connectivity index (χ4n) is 2.08. The molecule has 100 valence electrons. The number of fused-ring (bicyclic) bond motifs is 1. The lowest BCUT2D eigenvalue weighted by Crippen LogP contribution is -2.42. The van der Waals surface area contributed by atoms with Gasteiger partial charge in [0.2, 0.25) is 0 Å². The van der Waals surface area contributed by atoms with Gasteiger partial charge in [-0.25, -0.2) is 0 Å². The van der Waals surface area contributed by atoms with E-state index in [1.54, 1.807) is 12.4 Å². The summed E-state index contributed by atoms with van der Waals surface area (Å²) in [6.45, 7) is 11.4. The second-order valence-corrected chi connectivity index (χ2v) is 11.4. The zero-order valence-corrected chi connectivity index (χ0v) is 13.2. The Hall–Kier alpha value is -0.743. The first kappa shape index (κ1) is 13.7. The Bertz CT molecular complexity index is 426. The molecule has 1 aromatic rings. The molecule has 0 amide bonds. The second-order valence-electron chi connectivity index (χ2n) is 6.65. The summed E-state index contributed by atoms with van der Waals surface area (Å²) in [5, 5.41) is 0.243. The van der Waals surface area contributed by atoms with Crippen LogP contribution < -0.4 is 0 Å². The first-order valence-corrected chi connectivity index (χ1v) is 9.70. The average Bonchev–Trinajstić information content (AvgIpc) is 2.27. The quantitative estimate of drug-likeness (QED) is 0.760. The van der Waals surface area contributed by atoms with Crippen LogP contribution in [0.2, 0.25) is 18.1 Å². The third-order valence-electron chi connectivity index (χ3n) is 4.23. The molecule has 2 rings (SSSR count). The van der Waals surface area contributed by atoms with Crippen molar-refractivity contribution in [2.24, 2.45) is 0 Å². The van der Waals surface area contributed by atoms with E-state index in [1.807, 2.05) is 0 Å². The van der Waals surface area contributed by atoms with E-state index >= 15 is 0 Å². The van der Waals surface area contributed by atoms with Gasteiger partial charge in [0.15, 0.2) is 8.32 Å². The lowest BCUT2D eigenvalue weighted by atomic mass is 9.98. The van der Waals surface area contributed by atoms with E-state index < -0.39 is 8.32 Å². The van der Waals surface area contributed by atoms with E-state index in [0.717, 1.165) is 30.7 Å². The Labute approximate surface area is 111 Å². The van der Waals surface area contributed by atoms with Gasteiger partial charge >= 0.3 is 0 Å². The van der Waals surface area contributed by atoms with Crippen LogP contribution in [0.4, 0.5) is 0 Å². The van der Waals surface area contributed by atoms with Crippen molar-refractivity contribution in [3.8, 4) is 0 Å². The topological polar surface area (TPSA) is 35.0 Å². The fourth-order valence-corrected chi connectivity index (χ4v) is 3.37. The van der Waals surface area contributed by atoms with Crippen molar-refractivity contribution >= 4 is 8.32 Å². The van der Waals surface area contributed by atoms with Crippen molar-refractivity contribution in [2.45, 2.75) is 64.3 Å². The maximum Gasteiger partial charge on any atom is 0.192 e. The molecule has 18 heavy (non-hydrogen) atoms. The van der Waals surface area contributed by atoms with Gasteiger partial charge in [-0.15, -0.1) is 0 Å². The monoisotopic (exact) mass is 264 g/mol. The van der Waals surface area contributed by atoms with Crippen LogP contribution in [0.15, 0.2) is 12.4 Å². The molecule has 4 heteroatoms. The highest BCUT2D eigenvalue weighted by atomic mass is 28.4. The Balaban J connectivity index is 2.22. The molecule has 1 aliphatic carbocycles. The molecule has 1 heterocycles. The third-order valence-corrected chi connectivity index (χ3v) is 8.72. The number of rotatable bonds is 2. The van der Waals surface area contributed by atoms with Gasteiger partial charge in [0, 0.05) is 12.4 Å². The molecular weight excluding hydrogens is 240 g/mol. The van der Waals surface area contributed by atoms with Gasteiger partial charge < -0.3 is 4.43 Å². The maximum absolute atomic E-state index is 6.51. The summed E-state index contributed by atoms with van der Waals surface area (Å²) in [5.74, 6) is 0. The molecule has 0 unspecified atom stereocenters. The van der Waals surface area contributed by atoms with E-state index in [9.17, 15) is 0 Å². The lowest BCUT2D eigenvalue weighted by Gasteiger charge is -2.40. The van der Waals surface area contributed by atoms with Crippen LogP contribution in [-0.2, 0) is 10.8 Å². The summed E-state index contributed by atoms with van der Waals surface area (Å²) < 4.78 is 6.51. The zero-order valence-electron chi connectivity index (χ0n) is 12.2. The Morgan fingerprint density at radius 3 is 2.56 bits per heavy atom. The Kier molecular flexibility index (Phi) is 3.60. The predicted molar refractivity (Wildman–Crippen MR) is 76.0 cm³/mol. The third kappa shape index (κ3) is 2.64. The first-order chi connectivity index (χ1) is 8.31. The number of aryl methyl sites for hydroxylation is 1. The highest BCUT2D eigenvalue weighted by molar-refractivity contribution is 6.74. The molecule has 1 aliphatic rings. The minimum atomic E-state index is -1.73. The number of hydrogen-bond acceptors (Lipinski definition) is 3. The van der Waals surface area contributed by atoms with Gasteiger partial charge in [0.1, 0.15) is 0 Å². The fraction of sp³-hybridized carbons (Fsp3) is 0.714. The smallest absolute Gasteiger partial charge is 0.192 e. The van der Waals surface area contributed by atoms with Crippen molar-refractivity contribution in [2.75, 3.05) is 0 Å². The molecule has 1 atom stereocenters. The molecule has 0 radical (unpaired) electrons. The highest BCUT2D eigenvalue weighted by Crippen LogP contribution is 2.41. The predicted octanol–water partition coefficient (Wildman–Crippen LogP) is 3.88. The van der Waals surface area contributed by atoms with Crippen molar-refractivity contribution < 1.29 is 4.43 Å². The van der Waals surface area contributed by atoms with Crippen LogP contribution in [0.25, 0.3) is 0 Å². The van der Waals surface area contributed by atoms with Crippen LogP contribution in [0.1, 0.15) is 51.1 Å². The van der Waals surface area contributed by atoms with E-state index in [4.69, 9.17) is 4.43 Å². The summed E-state index contributed by atoms with van der Waals surface area (Å²) >= 11 is 0. The zero-order chi connectivity index (χ0) is 13.4. The average molecular weight is 264 g/mol. The van der Waals surface area contributed by atoms with Crippen LogP contribution in [0, 0.1) is 0 Å². The Morgan fingerprint density at radius 2 is 1.89 bits per heavy atom. The molecular formula is C14H24N2OSi. The van der Waals surface area contributed by atoms with Gasteiger partial charge in [0.05, 0.1) is 17.5 Å². The van der Waals surface area contributed by atoms with Crippen molar-refractivity contribution in [1.82, 2.24) is 9.97 Å². The molecule has 0 aromatic carbocycles. The lowest BCUT2D eigenvalue weighted by molar-refractivity contribution is 0.157. The van der Waals surface area contributed by atoms with Crippen molar-refractivity contribution in [3.63, 3.8) is 0 Å². The maximum atomic E-state index is 6.51. The molecule has 0 N–H and O–H groups in total. The summed E-state index contributed by atoms with van der Waals surface area (Å²) in [4.78, 5) is 8.94. The molecule has 3 nitrogen and oxygen atoms in total. The SMILES string of the molecule is CC(C)(C)[Si](C)(C)O[C@H]1CCCc2nccnc21. The van der Waals surface area contributed by atoms with Gasteiger partial charge in [-0.3, -0.25) is 9.97 Å². The number of nitrogens with zero attached hydrogens (tertiary/aromatic N) is 2. The molecule has 0 saturated heterocycles. The summed E-state index contributed by atoms with van der Waals surface area (Å²) in [7, 11) is -1.73. The first-order valence-electron chi connectivity index (χ1n) is 6.79. The van der Waals surface area contributed by atoms with Crippen molar-refractivity contribution in [1.29, 1.82) is 0 Å². The largest absolute Gasteiger partial charge is 0.408 e. The molecule has 0 fully saturated rings. The van der Waals surface area contributed by atoms with E-state index in [1.165, 1.54) is 0 Å². The minimum Gasteiger partial charge on any atom is -0.408 e. The van der Waals surface area contributed by atoms with E-state index in [-0.39, 0.29) is 11.1 Å². The van der Waals surface area contributed by atoms with Crippen LogP contribution >= 0.6 is 0 Å². The van der Waals surface area contributed by atoms with Gasteiger partial charge in [-0.1, -0.05) is 20.8 Å². The van der Waals surface area contributed by atoms with E-state index in [0.29, 0.717) is 0 Å². The molecule has 0 spiro atoms. The van der Waals surface area contributed by atoms with Gasteiger partial charge in [-0.2, -0.15) is 0 Å². The molecule has 0 aliphatic heterocycles. The van der Waals surface area contributed by atoms with Gasteiger partial charge in [-0.05, 0) is 37.4 Å². The summed E-state index contributed by atoms with van der Waals surface area (Å²) in [5.41, 5.74) is 2.21. The molecule has 1 aromatic heterocycles. The van der Waals surface area contributed by atoms with Crippen LogP contribution in [0.3, 0.4) is 0 Å². The van der Waals surface area contributed by atoms with Crippen LogP contribution in [-0.4, -0.2) is 18.3 Å². The normalized spacial score (nSPS) is 20.6. The van der Waals surface area contributed by atoms with Crippen LogP contribution in [0.5, 0.6) is 0 Å². The summed E-state index contributed by atoms with van der Waals surface area (Å²) in [6.07, 6.45) is 7.01. The number of aromatic nitrogens is 2. The minimum absolute atomic E-state index is 0.156. The van der Waals surface area contributed by atoms with Crippen molar-refractivity contribution in [3.05, 3.63) is 23.8 Å². The standard InChI is InChI=1S/C14H24N2OSi/c1-14(2,3)18(4,5)17-12-8-6-7-11-13(12)16-10-9-15-11/h9-10,12H,6-8H2,1-5H3/t12-/m0/s1.